The van der Waals surface area contributed by atoms with Crippen LogP contribution in [0.3, 0.4) is 0 Å². The highest BCUT2D eigenvalue weighted by Gasteiger charge is 2.25. The van der Waals surface area contributed by atoms with Crippen LogP contribution in [-0.2, 0) is 0 Å². The Morgan fingerprint density at radius 1 is 1.46 bits per heavy atom. The van der Waals surface area contributed by atoms with Gasteiger partial charge in [0.15, 0.2) is 0 Å². The first-order valence-corrected chi connectivity index (χ1v) is 5.24. The molecule has 0 aromatic carbocycles. The highest BCUT2D eigenvalue weighted by Crippen LogP contribution is 2.16. The third-order valence-corrected chi connectivity index (χ3v) is 3.10. The van der Waals surface area contributed by atoms with Crippen molar-refractivity contribution < 1.29 is 0 Å². The SMILES string of the molecule is N#CC1CCN(CC2CCCN2)C1. The average Bonchev–Trinajstić information content (AvgIpc) is 2.76. The molecule has 0 amide bonds. The number of nitrogens with one attached hydrogen (secondary N) is 1. The van der Waals surface area contributed by atoms with Crippen LogP contribution in [0.5, 0.6) is 0 Å². The van der Waals surface area contributed by atoms with Crippen molar-refractivity contribution in [2.45, 2.75) is 25.3 Å². The number of hydrogen-bond acceptors (Lipinski definition) is 3. The third-order valence-electron chi connectivity index (χ3n) is 3.10. The number of hydrogen-bond donors (Lipinski definition) is 1. The molecular weight excluding hydrogens is 162 g/mol. The van der Waals surface area contributed by atoms with E-state index in [9.17, 15) is 0 Å². The van der Waals surface area contributed by atoms with Crippen molar-refractivity contribution in [3.8, 4) is 6.07 Å². The molecule has 1 N–H and O–H groups in total. The Bertz CT molecular complexity index is 203. The van der Waals surface area contributed by atoms with Gasteiger partial charge in [-0.1, -0.05) is 0 Å². The van der Waals surface area contributed by atoms with Crippen molar-refractivity contribution in [1.29, 1.82) is 5.26 Å². The van der Waals surface area contributed by atoms with Gasteiger partial charge in [-0.05, 0) is 32.4 Å². The minimum atomic E-state index is 0.293. The minimum absolute atomic E-state index is 0.293. The molecule has 2 aliphatic heterocycles. The fourth-order valence-electron chi connectivity index (χ4n) is 2.33. The molecule has 0 aromatic heterocycles. The van der Waals surface area contributed by atoms with Gasteiger partial charge in [0.25, 0.3) is 0 Å². The smallest absolute Gasteiger partial charge is 0.0669 e. The van der Waals surface area contributed by atoms with Gasteiger partial charge in [0, 0.05) is 19.1 Å². The Balaban J connectivity index is 1.74. The summed E-state index contributed by atoms with van der Waals surface area (Å²) in [6.07, 6.45) is 3.71. The molecule has 0 saturated carbocycles. The first kappa shape index (κ1) is 8.98. The van der Waals surface area contributed by atoms with E-state index in [1.807, 2.05) is 0 Å². The maximum absolute atomic E-state index is 8.75. The van der Waals surface area contributed by atoms with Gasteiger partial charge < -0.3 is 10.2 Å². The van der Waals surface area contributed by atoms with E-state index in [-0.39, 0.29) is 0 Å². The van der Waals surface area contributed by atoms with E-state index in [0.717, 1.165) is 26.1 Å². The first-order chi connectivity index (χ1) is 6.38. The van der Waals surface area contributed by atoms with Crippen LogP contribution < -0.4 is 5.32 Å². The van der Waals surface area contributed by atoms with E-state index in [0.29, 0.717) is 12.0 Å². The standard InChI is InChI=1S/C10H17N3/c11-6-9-3-5-13(7-9)8-10-2-1-4-12-10/h9-10,12H,1-5,7-8H2. The molecule has 2 atom stereocenters. The predicted octanol–water partition coefficient (Wildman–Crippen LogP) is 0.584. The van der Waals surface area contributed by atoms with Crippen LogP contribution in [-0.4, -0.2) is 37.1 Å². The van der Waals surface area contributed by atoms with Crippen LogP contribution in [0.25, 0.3) is 0 Å². The van der Waals surface area contributed by atoms with Crippen LogP contribution >= 0.6 is 0 Å². The van der Waals surface area contributed by atoms with Crippen LogP contribution in [0.4, 0.5) is 0 Å². The first-order valence-electron chi connectivity index (χ1n) is 5.24. The zero-order valence-electron chi connectivity index (χ0n) is 8.00. The summed E-state index contributed by atoms with van der Waals surface area (Å²) in [6, 6.07) is 3.05. The highest BCUT2D eigenvalue weighted by molar-refractivity contribution is 4.92. The number of nitrogens with zero attached hydrogens (tertiary/aromatic N) is 2. The summed E-state index contributed by atoms with van der Waals surface area (Å²) in [5.74, 6) is 0.293. The monoisotopic (exact) mass is 179 g/mol. The minimum Gasteiger partial charge on any atom is -0.313 e. The zero-order valence-corrected chi connectivity index (χ0v) is 8.00. The normalized spacial score (nSPS) is 35.0. The molecule has 2 rings (SSSR count). The Hall–Kier alpha value is -0.590. The lowest BCUT2D eigenvalue weighted by molar-refractivity contribution is 0.298. The maximum atomic E-state index is 8.75. The van der Waals surface area contributed by atoms with Crippen LogP contribution in [0.2, 0.25) is 0 Å². The summed E-state index contributed by atoms with van der Waals surface area (Å²) >= 11 is 0. The van der Waals surface area contributed by atoms with Crippen LogP contribution in [0.1, 0.15) is 19.3 Å². The molecule has 3 heteroatoms. The van der Waals surface area contributed by atoms with Crippen molar-refractivity contribution in [2.75, 3.05) is 26.2 Å². The van der Waals surface area contributed by atoms with Crippen molar-refractivity contribution in [1.82, 2.24) is 10.2 Å². The van der Waals surface area contributed by atoms with E-state index in [4.69, 9.17) is 5.26 Å². The molecule has 3 nitrogen and oxygen atoms in total. The predicted molar refractivity (Wildman–Crippen MR) is 51.2 cm³/mol. The molecule has 0 bridgehead atoms. The van der Waals surface area contributed by atoms with Gasteiger partial charge in [0.1, 0.15) is 0 Å². The second-order valence-electron chi connectivity index (χ2n) is 4.17. The molecular formula is C10H17N3. The van der Waals surface area contributed by atoms with Crippen LogP contribution in [0.15, 0.2) is 0 Å². The summed E-state index contributed by atoms with van der Waals surface area (Å²) in [7, 11) is 0. The van der Waals surface area contributed by atoms with Crippen molar-refractivity contribution in [3.63, 3.8) is 0 Å². The topological polar surface area (TPSA) is 39.1 Å². The molecule has 2 unspecified atom stereocenters. The lowest BCUT2D eigenvalue weighted by Crippen LogP contribution is -2.36. The molecule has 0 aliphatic carbocycles. The van der Waals surface area contributed by atoms with E-state index >= 15 is 0 Å². The Morgan fingerprint density at radius 2 is 2.38 bits per heavy atom. The number of rotatable bonds is 2. The van der Waals surface area contributed by atoms with E-state index in [1.54, 1.807) is 0 Å². The van der Waals surface area contributed by atoms with Gasteiger partial charge in [-0.25, -0.2) is 0 Å². The third kappa shape index (κ3) is 2.20. The van der Waals surface area contributed by atoms with Gasteiger partial charge >= 0.3 is 0 Å². The van der Waals surface area contributed by atoms with E-state index in [2.05, 4.69) is 16.3 Å². The van der Waals surface area contributed by atoms with Crippen LogP contribution in [0, 0.1) is 17.2 Å². The summed E-state index contributed by atoms with van der Waals surface area (Å²) in [5.41, 5.74) is 0. The number of nitriles is 1. The van der Waals surface area contributed by atoms with E-state index in [1.165, 1.54) is 19.4 Å². The second-order valence-corrected chi connectivity index (χ2v) is 4.17. The molecule has 0 spiro atoms. The van der Waals surface area contributed by atoms with Gasteiger partial charge in [-0.2, -0.15) is 5.26 Å². The Morgan fingerprint density at radius 3 is 3.00 bits per heavy atom. The van der Waals surface area contributed by atoms with Gasteiger partial charge in [-0.3, -0.25) is 0 Å². The van der Waals surface area contributed by atoms with E-state index < -0.39 is 0 Å². The lowest BCUT2D eigenvalue weighted by Gasteiger charge is -2.19. The van der Waals surface area contributed by atoms with Gasteiger partial charge in [-0.15, -0.1) is 0 Å². The molecule has 2 aliphatic rings. The molecule has 13 heavy (non-hydrogen) atoms. The second kappa shape index (κ2) is 4.08. The zero-order chi connectivity index (χ0) is 9.10. The molecule has 0 aromatic rings. The summed E-state index contributed by atoms with van der Waals surface area (Å²) in [5, 5.41) is 12.2. The molecule has 72 valence electrons. The number of likely N-dealkylation sites (tertiary alicyclic amines) is 1. The molecule has 2 saturated heterocycles. The van der Waals surface area contributed by atoms with Crippen molar-refractivity contribution >= 4 is 0 Å². The fourth-order valence-corrected chi connectivity index (χ4v) is 2.33. The van der Waals surface area contributed by atoms with Gasteiger partial charge in [0.05, 0.1) is 12.0 Å². The fraction of sp³-hybridized carbons (Fsp3) is 0.900. The molecule has 0 radical (unpaired) electrons. The Labute approximate surface area is 79.7 Å². The summed E-state index contributed by atoms with van der Waals surface area (Å²) < 4.78 is 0. The van der Waals surface area contributed by atoms with Crippen molar-refractivity contribution in [3.05, 3.63) is 0 Å². The van der Waals surface area contributed by atoms with Gasteiger partial charge in [0.2, 0.25) is 0 Å². The summed E-state index contributed by atoms with van der Waals surface area (Å²) in [4.78, 5) is 2.43. The Kier molecular flexibility index (Phi) is 2.82. The quantitative estimate of drug-likeness (QED) is 0.674. The van der Waals surface area contributed by atoms with Crippen molar-refractivity contribution in [2.24, 2.45) is 5.92 Å². The highest BCUT2D eigenvalue weighted by atomic mass is 15.2. The largest absolute Gasteiger partial charge is 0.313 e. The molecule has 2 heterocycles. The average molecular weight is 179 g/mol. The molecule has 2 fully saturated rings. The lowest BCUT2D eigenvalue weighted by atomic mass is 10.1. The summed E-state index contributed by atoms with van der Waals surface area (Å²) in [6.45, 7) is 4.45. The maximum Gasteiger partial charge on any atom is 0.0669 e.